The lowest BCUT2D eigenvalue weighted by Crippen LogP contribution is -2.30. The van der Waals surface area contributed by atoms with Crippen LogP contribution >= 0.6 is 0 Å². The molecule has 0 aliphatic carbocycles. The Labute approximate surface area is 183 Å². The number of nitrogens with zero attached hydrogens (tertiary/aromatic N) is 2. The molecule has 1 aromatic heterocycles. The van der Waals surface area contributed by atoms with Gasteiger partial charge in [-0.3, -0.25) is 4.79 Å². The smallest absolute Gasteiger partial charge is 0.254 e. The van der Waals surface area contributed by atoms with E-state index in [2.05, 4.69) is 31.1 Å². The Morgan fingerprint density at radius 2 is 1.55 bits per heavy atom. The maximum absolute atomic E-state index is 13.3. The van der Waals surface area contributed by atoms with Crippen molar-refractivity contribution in [2.24, 2.45) is 0 Å². The molecule has 0 spiro atoms. The van der Waals surface area contributed by atoms with Crippen LogP contribution in [0.3, 0.4) is 0 Å². The van der Waals surface area contributed by atoms with Gasteiger partial charge in [0.15, 0.2) is 5.76 Å². The van der Waals surface area contributed by atoms with Crippen LogP contribution in [-0.4, -0.2) is 16.0 Å². The van der Waals surface area contributed by atoms with E-state index < -0.39 is 0 Å². The lowest BCUT2D eigenvalue weighted by atomic mass is 10.0. The maximum Gasteiger partial charge on any atom is 0.254 e. The van der Waals surface area contributed by atoms with E-state index in [-0.39, 0.29) is 5.91 Å². The molecule has 0 N–H and O–H groups in total. The first-order valence-corrected chi connectivity index (χ1v) is 10.4. The number of carbonyl (C=O) groups is 1. The minimum absolute atomic E-state index is 0.0279. The summed E-state index contributed by atoms with van der Waals surface area (Å²) in [4.78, 5) is 15.1. The van der Waals surface area contributed by atoms with Gasteiger partial charge in [-0.25, -0.2) is 0 Å². The van der Waals surface area contributed by atoms with Crippen LogP contribution in [0.15, 0.2) is 83.4 Å². The van der Waals surface area contributed by atoms with E-state index in [9.17, 15) is 4.79 Å². The zero-order valence-corrected chi connectivity index (χ0v) is 18.1. The molecule has 0 radical (unpaired) electrons. The predicted octanol–water partition coefficient (Wildman–Crippen LogP) is 6.11. The zero-order valence-electron chi connectivity index (χ0n) is 18.1. The van der Waals surface area contributed by atoms with Crippen molar-refractivity contribution in [1.82, 2.24) is 10.1 Å². The van der Waals surface area contributed by atoms with Gasteiger partial charge in [-0.2, -0.15) is 0 Å². The average Bonchev–Trinajstić information content (AvgIpc) is 3.22. The molecule has 4 rings (SSSR count). The second-order valence-corrected chi connectivity index (χ2v) is 8.01. The molecule has 4 aromatic rings. The van der Waals surface area contributed by atoms with E-state index in [4.69, 9.17) is 4.52 Å². The van der Waals surface area contributed by atoms with Crippen LogP contribution in [0.1, 0.15) is 38.3 Å². The molecule has 4 heteroatoms. The van der Waals surface area contributed by atoms with Gasteiger partial charge in [0.05, 0.1) is 6.54 Å². The van der Waals surface area contributed by atoms with Gasteiger partial charge in [0.2, 0.25) is 0 Å². The van der Waals surface area contributed by atoms with Gasteiger partial charge < -0.3 is 9.42 Å². The summed E-state index contributed by atoms with van der Waals surface area (Å²) in [5.41, 5.74) is 6.95. The Balaban J connectivity index is 1.60. The summed E-state index contributed by atoms with van der Waals surface area (Å²) in [6, 6.07) is 25.8. The highest BCUT2D eigenvalue weighted by molar-refractivity contribution is 5.94. The van der Waals surface area contributed by atoms with Crippen LogP contribution in [0.25, 0.3) is 11.3 Å². The predicted molar refractivity (Wildman–Crippen MR) is 123 cm³/mol. The lowest BCUT2D eigenvalue weighted by molar-refractivity contribution is 0.0726. The number of rotatable bonds is 6. The first-order chi connectivity index (χ1) is 15.0. The number of hydrogen-bond acceptors (Lipinski definition) is 3. The van der Waals surface area contributed by atoms with Crippen LogP contribution in [0.4, 0.5) is 0 Å². The van der Waals surface area contributed by atoms with Crippen molar-refractivity contribution < 1.29 is 9.32 Å². The molecule has 31 heavy (non-hydrogen) atoms. The van der Waals surface area contributed by atoms with E-state index in [1.54, 1.807) is 0 Å². The molecule has 1 heterocycles. The van der Waals surface area contributed by atoms with Gasteiger partial charge in [0.25, 0.3) is 5.91 Å². The summed E-state index contributed by atoms with van der Waals surface area (Å²) in [5, 5.41) is 4.26. The van der Waals surface area contributed by atoms with Crippen molar-refractivity contribution in [3.63, 3.8) is 0 Å². The fourth-order valence-corrected chi connectivity index (χ4v) is 3.68. The Morgan fingerprint density at radius 3 is 2.26 bits per heavy atom. The highest BCUT2D eigenvalue weighted by atomic mass is 16.5. The second-order valence-electron chi connectivity index (χ2n) is 8.01. The Kier molecular flexibility index (Phi) is 5.99. The lowest BCUT2D eigenvalue weighted by Gasteiger charge is -2.22. The van der Waals surface area contributed by atoms with Gasteiger partial charge in [0, 0.05) is 23.7 Å². The van der Waals surface area contributed by atoms with Gasteiger partial charge in [-0.15, -0.1) is 0 Å². The number of amides is 1. The normalized spacial score (nSPS) is 10.8. The van der Waals surface area contributed by atoms with E-state index in [0.717, 1.165) is 33.7 Å². The number of hydrogen-bond donors (Lipinski definition) is 0. The Morgan fingerprint density at radius 1 is 0.839 bits per heavy atom. The SMILES string of the molecule is Cc1ccc(C(=O)N(Cc2ccccc2)Cc2cc(-c3ccc(C)cc3C)on2)cc1. The number of aromatic nitrogens is 1. The van der Waals surface area contributed by atoms with Crippen LogP contribution in [-0.2, 0) is 13.1 Å². The topological polar surface area (TPSA) is 46.3 Å². The largest absolute Gasteiger partial charge is 0.356 e. The summed E-state index contributed by atoms with van der Waals surface area (Å²) >= 11 is 0. The fourth-order valence-electron chi connectivity index (χ4n) is 3.68. The molecule has 0 atom stereocenters. The van der Waals surface area contributed by atoms with Crippen molar-refractivity contribution in [2.45, 2.75) is 33.9 Å². The molecule has 156 valence electrons. The van der Waals surface area contributed by atoms with Gasteiger partial charge in [-0.05, 0) is 44.0 Å². The van der Waals surface area contributed by atoms with Crippen molar-refractivity contribution in [3.05, 3.63) is 112 Å². The van der Waals surface area contributed by atoms with Gasteiger partial charge >= 0.3 is 0 Å². The van der Waals surface area contributed by atoms with Crippen LogP contribution in [0.5, 0.6) is 0 Å². The van der Waals surface area contributed by atoms with Crippen molar-refractivity contribution in [3.8, 4) is 11.3 Å². The quantitative estimate of drug-likeness (QED) is 0.385. The van der Waals surface area contributed by atoms with E-state index in [0.29, 0.717) is 18.7 Å². The highest BCUT2D eigenvalue weighted by Crippen LogP contribution is 2.26. The van der Waals surface area contributed by atoms with E-state index >= 15 is 0 Å². The minimum Gasteiger partial charge on any atom is -0.356 e. The fraction of sp³-hybridized carbons (Fsp3) is 0.185. The van der Waals surface area contributed by atoms with Crippen LogP contribution < -0.4 is 0 Å². The molecule has 0 saturated heterocycles. The summed E-state index contributed by atoms with van der Waals surface area (Å²) in [7, 11) is 0. The number of carbonyl (C=O) groups excluding carboxylic acids is 1. The van der Waals surface area contributed by atoms with Crippen molar-refractivity contribution >= 4 is 5.91 Å². The molecule has 4 nitrogen and oxygen atoms in total. The summed E-state index contributed by atoms with van der Waals surface area (Å²) < 4.78 is 5.64. The molecule has 0 aliphatic heterocycles. The summed E-state index contributed by atoms with van der Waals surface area (Å²) in [6.07, 6.45) is 0. The Hall–Kier alpha value is -3.66. The molecule has 0 saturated carbocycles. The van der Waals surface area contributed by atoms with Crippen LogP contribution in [0, 0.1) is 20.8 Å². The highest BCUT2D eigenvalue weighted by Gasteiger charge is 2.19. The monoisotopic (exact) mass is 410 g/mol. The first kappa shape index (κ1) is 20.6. The first-order valence-electron chi connectivity index (χ1n) is 10.4. The number of benzene rings is 3. The van der Waals surface area contributed by atoms with E-state index in [1.165, 1.54) is 5.56 Å². The minimum atomic E-state index is -0.0279. The molecular formula is C27H26N2O2. The molecular weight excluding hydrogens is 384 g/mol. The van der Waals surface area contributed by atoms with Crippen molar-refractivity contribution in [1.29, 1.82) is 0 Å². The molecule has 3 aromatic carbocycles. The third kappa shape index (κ3) is 4.92. The molecule has 1 amide bonds. The standard InChI is InChI=1S/C27H26N2O2/c1-19-9-12-23(13-10-19)27(30)29(17-22-7-5-4-6-8-22)18-24-16-26(31-28-24)25-14-11-20(2)15-21(25)3/h4-16H,17-18H2,1-3H3. The Bertz CT molecular complexity index is 1180. The molecule has 0 fully saturated rings. The summed E-state index contributed by atoms with van der Waals surface area (Å²) in [5.74, 6) is 0.690. The van der Waals surface area contributed by atoms with Crippen LogP contribution in [0.2, 0.25) is 0 Å². The summed E-state index contributed by atoms with van der Waals surface area (Å²) in [6.45, 7) is 7.02. The average molecular weight is 411 g/mol. The maximum atomic E-state index is 13.3. The third-order valence-corrected chi connectivity index (χ3v) is 5.36. The molecule has 0 unspecified atom stereocenters. The van der Waals surface area contributed by atoms with Gasteiger partial charge in [0.1, 0.15) is 5.69 Å². The van der Waals surface area contributed by atoms with Gasteiger partial charge in [-0.1, -0.05) is 76.9 Å². The molecule has 0 aliphatic rings. The molecule has 0 bridgehead atoms. The number of aryl methyl sites for hydroxylation is 3. The van der Waals surface area contributed by atoms with E-state index in [1.807, 2.05) is 78.6 Å². The zero-order chi connectivity index (χ0) is 21.8. The second kappa shape index (κ2) is 9.00. The third-order valence-electron chi connectivity index (χ3n) is 5.36. The van der Waals surface area contributed by atoms with Crippen molar-refractivity contribution in [2.75, 3.05) is 0 Å².